The fraction of sp³-hybridized carbons (Fsp3) is 0.122. The van der Waals surface area contributed by atoms with Gasteiger partial charge in [-0.1, -0.05) is 0 Å². The summed E-state index contributed by atoms with van der Waals surface area (Å²) in [5, 5.41) is 0. The van der Waals surface area contributed by atoms with E-state index in [0.717, 1.165) is 157 Å². The first-order chi connectivity index (χ1) is 44.2. The van der Waals surface area contributed by atoms with Crippen molar-refractivity contribution >= 4 is 81.2 Å². The summed E-state index contributed by atoms with van der Waals surface area (Å²) < 4.78 is 25.1. The first-order valence-corrected chi connectivity index (χ1v) is 47.8. The molecule has 4 atom stereocenters. The molecule has 6 aliphatic rings. The molecule has 0 saturated carbocycles. The molecule has 0 amide bonds. The number of hydrogen-bond donors (Lipinski definition) is 0. The maximum absolute atomic E-state index is 11.8. The summed E-state index contributed by atoms with van der Waals surface area (Å²) in [7, 11) is 17.6. The molecule has 91 heavy (non-hydrogen) atoms. The van der Waals surface area contributed by atoms with Crippen LogP contribution in [0.4, 0.5) is 0 Å². The molecule has 12 aromatic rings. The van der Waals surface area contributed by atoms with Crippen LogP contribution in [0.5, 0.6) is 0 Å². The van der Waals surface area contributed by atoms with Crippen LogP contribution >= 0.6 is 17.0 Å². The molecule has 4 aliphatic carbocycles. The van der Waals surface area contributed by atoms with Crippen LogP contribution in [-0.4, -0.2) is 17.6 Å². The van der Waals surface area contributed by atoms with Gasteiger partial charge in [0.15, 0.2) is 0 Å². The van der Waals surface area contributed by atoms with Gasteiger partial charge in [0.1, 0.15) is 0 Å². The number of fused-ring (bicyclic) bond motifs is 12. The summed E-state index contributed by atoms with van der Waals surface area (Å²) >= 11 is -8.46. The van der Waals surface area contributed by atoms with Crippen molar-refractivity contribution in [2.45, 2.75) is 51.8 Å². The van der Waals surface area contributed by atoms with Crippen LogP contribution < -0.4 is 0 Å². The third-order valence-corrected chi connectivity index (χ3v) is 107. The number of allylic oxidation sites excluding steroid dienone is 4. The molecule has 2 aliphatic heterocycles. The molecule has 0 bridgehead atoms. The van der Waals surface area contributed by atoms with Crippen molar-refractivity contribution in [3.8, 4) is 44.5 Å². The van der Waals surface area contributed by atoms with Crippen molar-refractivity contribution in [2.75, 3.05) is 0 Å². The van der Waals surface area contributed by atoms with Gasteiger partial charge in [0.05, 0.1) is 0 Å². The van der Waals surface area contributed by atoms with E-state index in [-0.39, 0.29) is 0 Å². The summed E-state index contributed by atoms with van der Waals surface area (Å²) in [5.41, 5.74) is 22.3. The molecular formula is C82H64Cl2O4Si2Zr. The van der Waals surface area contributed by atoms with E-state index in [1.807, 2.05) is 0 Å². The number of aryl methyl sites for hydroxylation is 4. The van der Waals surface area contributed by atoms with Crippen LogP contribution in [0.2, 0.25) is 13.1 Å². The Bertz CT molecular complexity index is 4600. The van der Waals surface area contributed by atoms with Crippen LogP contribution in [0.3, 0.4) is 0 Å². The first-order valence-electron chi connectivity index (χ1n) is 31.9. The third kappa shape index (κ3) is 5.94. The van der Waals surface area contributed by atoms with Gasteiger partial charge in [-0.15, -0.1) is 0 Å². The fourth-order valence-corrected chi connectivity index (χ4v) is 141. The standard InChI is InChI=1S/2C41H32O2Si.2ClH.Zr/c2*1-26-20-22-38(42-26)36-24-34-30(28-12-6-4-7-13-28)16-10-18-32(34)40(36)44(3)41-33-19-11-17-31(29-14-8-5-9-15-29)35(33)25-37(41)39-23-21-27(2)43-39;;;/h2*4-25,44H,1-3H3;2*1H;/q;;;;+2/p-2. The Morgan fingerprint density at radius 3 is 0.692 bits per heavy atom. The first kappa shape index (κ1) is 55.6. The van der Waals surface area contributed by atoms with Gasteiger partial charge in [0.2, 0.25) is 0 Å². The minimum absolute atomic E-state index is 0.782. The second kappa shape index (κ2) is 18.7. The molecule has 6 heterocycles. The zero-order valence-electron chi connectivity index (χ0n) is 51.4. The molecular weight excluding hydrogens is 1270 g/mol. The van der Waals surface area contributed by atoms with Gasteiger partial charge in [0, 0.05) is 0 Å². The van der Waals surface area contributed by atoms with Gasteiger partial charge in [-0.25, -0.2) is 0 Å². The molecule has 18 rings (SSSR count). The summed E-state index contributed by atoms with van der Waals surface area (Å²) in [6.07, 6.45) is 10.0. The summed E-state index contributed by atoms with van der Waals surface area (Å²) in [6.45, 7) is 13.6. The Balaban J connectivity index is 1.17. The average Bonchev–Trinajstić information content (AvgIpc) is 1.52. The van der Waals surface area contributed by atoms with E-state index in [4.69, 9.17) is 17.7 Å². The third-order valence-electron chi connectivity index (χ3n) is 23.5. The van der Waals surface area contributed by atoms with E-state index in [1.54, 1.807) is 0 Å². The van der Waals surface area contributed by atoms with Crippen molar-refractivity contribution in [3.05, 3.63) is 333 Å². The molecule has 8 aromatic carbocycles. The van der Waals surface area contributed by atoms with E-state index in [1.165, 1.54) is 0 Å². The predicted octanol–water partition coefficient (Wildman–Crippen LogP) is 21.5. The molecule has 0 radical (unpaired) electrons. The number of rotatable bonds is 8. The molecule has 4 unspecified atom stereocenters. The zero-order chi connectivity index (χ0) is 61.7. The Labute approximate surface area is 538 Å². The summed E-state index contributed by atoms with van der Waals surface area (Å²) in [5.74, 6) is 6.37. The number of hydrogen-bond acceptors (Lipinski definition) is 4. The minimum atomic E-state index is -8.46. The Morgan fingerprint density at radius 1 is 0.275 bits per heavy atom. The van der Waals surface area contributed by atoms with Crippen LogP contribution in [-0.2, 0) is 25.9 Å². The van der Waals surface area contributed by atoms with Gasteiger partial charge >= 0.3 is 543 Å². The molecule has 5 spiro atoms. The average molecular weight is 1330 g/mol. The van der Waals surface area contributed by atoms with E-state index >= 15 is 0 Å². The monoisotopic (exact) mass is 1330 g/mol. The second-order valence-electron chi connectivity index (χ2n) is 26.7. The van der Waals surface area contributed by atoms with Gasteiger partial charge < -0.3 is 0 Å². The van der Waals surface area contributed by atoms with E-state index in [9.17, 15) is 17.0 Å². The predicted molar refractivity (Wildman–Crippen MR) is 377 cm³/mol. The quantitative estimate of drug-likeness (QED) is 0.142. The molecule has 9 heteroatoms. The Kier molecular flexibility index (Phi) is 11.4. The van der Waals surface area contributed by atoms with E-state index in [2.05, 4.69) is 308 Å². The van der Waals surface area contributed by atoms with Crippen molar-refractivity contribution in [2.24, 2.45) is 0 Å². The molecule has 0 N–H and O–H groups in total. The topological polar surface area (TPSA) is 52.6 Å². The Hall–Kier alpha value is -8.26. The molecule has 4 nitrogen and oxygen atoms in total. The maximum atomic E-state index is 11.8. The Morgan fingerprint density at radius 2 is 0.495 bits per heavy atom. The second-order valence-corrected chi connectivity index (χ2v) is 66.5. The number of benzene rings is 8. The SMILES string of the molecule is Cc1ccc(C2=Cc3c(-c4ccccc4)cccc3[C]23[SiH](C)[C]2(C(c4ccc(C)o4)=Cc4c(-c5ccccc5)cccc42)[Zr]32([Cl])([Cl])[C]3(C(c4ccc(C)o4)=Cc4c(-c5ccccc5)cccc43)[SiH](C)[C]23C(c2ccc(C)o2)=Cc2c(-c4ccccc4)cccc23)o1. The number of furan rings is 4. The van der Waals surface area contributed by atoms with Crippen LogP contribution in [0, 0.1) is 27.7 Å². The molecule has 442 valence electrons. The van der Waals surface area contributed by atoms with Gasteiger partial charge in [-0.3, -0.25) is 0 Å². The van der Waals surface area contributed by atoms with Crippen molar-refractivity contribution < 1.29 is 32.6 Å². The van der Waals surface area contributed by atoms with Crippen LogP contribution in [0.25, 0.3) is 91.1 Å². The zero-order valence-corrected chi connectivity index (χ0v) is 57.7. The van der Waals surface area contributed by atoms with E-state index in [0.29, 0.717) is 0 Å². The van der Waals surface area contributed by atoms with Crippen LogP contribution in [0.1, 0.15) is 90.6 Å². The molecule has 2 saturated heterocycles. The normalized spacial score (nSPS) is 25.1. The molecule has 2 fully saturated rings. The van der Waals surface area contributed by atoms with Gasteiger partial charge in [-0.05, 0) is 0 Å². The van der Waals surface area contributed by atoms with Crippen molar-refractivity contribution in [3.63, 3.8) is 0 Å². The van der Waals surface area contributed by atoms with Crippen molar-refractivity contribution in [1.29, 1.82) is 0 Å². The summed E-state index contributed by atoms with van der Waals surface area (Å²) in [4.78, 5) is 0. The number of halogens is 2. The van der Waals surface area contributed by atoms with Crippen LogP contribution in [0.15, 0.2) is 260 Å². The van der Waals surface area contributed by atoms with Crippen molar-refractivity contribution in [1.82, 2.24) is 0 Å². The summed E-state index contributed by atoms with van der Waals surface area (Å²) in [6, 6.07) is 89.2. The van der Waals surface area contributed by atoms with E-state index < -0.39 is 43.5 Å². The van der Waals surface area contributed by atoms with Gasteiger partial charge in [0.25, 0.3) is 0 Å². The van der Waals surface area contributed by atoms with Gasteiger partial charge in [-0.2, -0.15) is 0 Å². The fourth-order valence-electron chi connectivity index (χ4n) is 21.3. The molecule has 4 aromatic heterocycles.